The topological polar surface area (TPSA) is 47.3 Å². The van der Waals surface area contributed by atoms with Gasteiger partial charge in [-0.1, -0.05) is 42.2 Å². The lowest BCUT2D eigenvalue weighted by atomic mass is 10.2. The van der Waals surface area contributed by atoms with E-state index < -0.39 is 0 Å². The molecule has 0 aliphatic heterocycles. The van der Waals surface area contributed by atoms with Gasteiger partial charge in [0.25, 0.3) is 0 Å². The molecular formula is C15H18Cl2N2O2. The van der Waals surface area contributed by atoms with Gasteiger partial charge in [0, 0.05) is 18.7 Å². The van der Waals surface area contributed by atoms with E-state index in [1.165, 1.54) is 0 Å². The average Bonchev–Trinajstić information content (AvgIpc) is 2.88. The quantitative estimate of drug-likeness (QED) is 0.822. The third kappa shape index (κ3) is 5.23. The minimum Gasteiger partial charge on any atom is -0.485 e. The van der Waals surface area contributed by atoms with Gasteiger partial charge in [-0.25, -0.2) is 0 Å². The van der Waals surface area contributed by atoms with E-state index >= 15 is 0 Å². The predicted molar refractivity (Wildman–Crippen MR) is 83.8 cm³/mol. The molecule has 2 rings (SSSR count). The van der Waals surface area contributed by atoms with Crippen LogP contribution in [0.2, 0.25) is 10.0 Å². The van der Waals surface area contributed by atoms with Crippen molar-refractivity contribution in [1.29, 1.82) is 0 Å². The van der Waals surface area contributed by atoms with Gasteiger partial charge in [-0.15, -0.1) is 0 Å². The molecule has 1 N–H and O–H groups in total. The highest BCUT2D eigenvalue weighted by Gasteiger charge is 2.06. The smallest absolute Gasteiger partial charge is 0.174 e. The predicted octanol–water partition coefficient (Wildman–Crippen LogP) is 4.31. The summed E-state index contributed by atoms with van der Waals surface area (Å²) in [6.45, 7) is 6.25. The number of nitrogens with one attached hydrogen (secondary N) is 1. The second-order valence-electron chi connectivity index (χ2n) is 5.17. The van der Waals surface area contributed by atoms with Crippen LogP contribution in [0.1, 0.15) is 25.3 Å². The lowest BCUT2D eigenvalue weighted by Crippen LogP contribution is -2.19. The van der Waals surface area contributed by atoms with Gasteiger partial charge >= 0.3 is 0 Å². The van der Waals surface area contributed by atoms with Crippen molar-refractivity contribution in [1.82, 2.24) is 10.5 Å². The van der Waals surface area contributed by atoms with Crippen molar-refractivity contribution in [2.24, 2.45) is 5.92 Å². The van der Waals surface area contributed by atoms with Gasteiger partial charge in [0.2, 0.25) is 0 Å². The lowest BCUT2D eigenvalue weighted by Gasteiger charge is -2.04. The molecule has 0 unspecified atom stereocenters. The Bertz CT molecular complexity index is 585. The van der Waals surface area contributed by atoms with E-state index in [2.05, 4.69) is 24.3 Å². The summed E-state index contributed by atoms with van der Waals surface area (Å²) in [4.78, 5) is 0. The van der Waals surface area contributed by atoms with E-state index in [4.69, 9.17) is 32.5 Å². The molecule has 0 atom stereocenters. The highest BCUT2D eigenvalue weighted by molar-refractivity contribution is 6.42. The Hall–Kier alpha value is -1.23. The van der Waals surface area contributed by atoms with Crippen LogP contribution in [-0.4, -0.2) is 11.7 Å². The van der Waals surface area contributed by atoms with Gasteiger partial charge in [-0.05, 0) is 24.6 Å². The van der Waals surface area contributed by atoms with Crippen molar-refractivity contribution >= 4 is 23.2 Å². The molecule has 0 amide bonds. The fourth-order valence-electron chi connectivity index (χ4n) is 1.72. The molecule has 0 saturated carbocycles. The summed E-state index contributed by atoms with van der Waals surface area (Å²) in [6.07, 6.45) is 0. The Morgan fingerprint density at radius 1 is 1.24 bits per heavy atom. The third-order valence-corrected chi connectivity index (χ3v) is 3.48. The summed E-state index contributed by atoms with van der Waals surface area (Å²) in [5, 5.41) is 8.26. The Morgan fingerprint density at radius 2 is 2.05 bits per heavy atom. The fraction of sp³-hybridized carbons (Fsp3) is 0.400. The first-order valence-electron chi connectivity index (χ1n) is 6.77. The molecule has 0 spiro atoms. The van der Waals surface area contributed by atoms with Crippen LogP contribution < -0.4 is 10.1 Å². The molecule has 0 fully saturated rings. The summed E-state index contributed by atoms with van der Waals surface area (Å²) in [7, 11) is 0. The highest BCUT2D eigenvalue weighted by atomic mass is 35.5. The van der Waals surface area contributed by atoms with Crippen molar-refractivity contribution < 1.29 is 9.26 Å². The molecular weight excluding hydrogens is 311 g/mol. The van der Waals surface area contributed by atoms with Gasteiger partial charge in [-0.2, -0.15) is 0 Å². The standard InChI is InChI=1S/C15H18Cl2N2O2/c1-10(2)7-18-8-11-5-13(21-19-11)9-20-12-3-4-14(16)15(17)6-12/h3-6,10,18H,7-9H2,1-2H3. The summed E-state index contributed by atoms with van der Waals surface area (Å²) >= 11 is 11.8. The number of halogens is 2. The second kappa shape index (κ2) is 7.69. The summed E-state index contributed by atoms with van der Waals surface area (Å²) in [6, 6.07) is 7.01. The molecule has 6 heteroatoms. The maximum atomic E-state index is 5.93. The van der Waals surface area contributed by atoms with E-state index in [-0.39, 0.29) is 0 Å². The van der Waals surface area contributed by atoms with E-state index in [1.807, 2.05) is 6.07 Å². The van der Waals surface area contributed by atoms with Crippen molar-refractivity contribution in [2.45, 2.75) is 27.0 Å². The fourth-order valence-corrected chi connectivity index (χ4v) is 2.01. The van der Waals surface area contributed by atoms with Gasteiger partial charge in [0.1, 0.15) is 12.4 Å². The first-order chi connectivity index (χ1) is 10.0. The molecule has 1 aromatic heterocycles. The molecule has 4 nitrogen and oxygen atoms in total. The maximum Gasteiger partial charge on any atom is 0.174 e. The maximum absolute atomic E-state index is 5.93. The van der Waals surface area contributed by atoms with Gasteiger partial charge in [0.15, 0.2) is 5.76 Å². The second-order valence-corrected chi connectivity index (χ2v) is 5.99. The van der Waals surface area contributed by atoms with Crippen LogP contribution in [0.5, 0.6) is 5.75 Å². The van der Waals surface area contributed by atoms with Crippen molar-refractivity contribution in [3.05, 3.63) is 45.8 Å². The number of hydrogen-bond donors (Lipinski definition) is 1. The number of ether oxygens (including phenoxy) is 1. The zero-order valence-electron chi connectivity index (χ0n) is 12.0. The molecule has 1 aromatic carbocycles. The Morgan fingerprint density at radius 3 is 2.76 bits per heavy atom. The van der Waals surface area contributed by atoms with E-state index in [0.717, 1.165) is 12.2 Å². The van der Waals surface area contributed by atoms with E-state index in [9.17, 15) is 0 Å². The van der Waals surface area contributed by atoms with Crippen LogP contribution in [0.4, 0.5) is 0 Å². The molecule has 21 heavy (non-hydrogen) atoms. The van der Waals surface area contributed by atoms with Crippen LogP contribution in [0.25, 0.3) is 0 Å². The molecule has 0 saturated heterocycles. The van der Waals surface area contributed by atoms with Gasteiger partial charge < -0.3 is 14.6 Å². The van der Waals surface area contributed by atoms with E-state index in [1.54, 1.807) is 18.2 Å². The van der Waals surface area contributed by atoms with Crippen LogP contribution >= 0.6 is 23.2 Å². The Balaban J connectivity index is 1.83. The number of rotatable bonds is 7. The van der Waals surface area contributed by atoms with Crippen LogP contribution in [0, 0.1) is 5.92 Å². The highest BCUT2D eigenvalue weighted by Crippen LogP contribution is 2.26. The van der Waals surface area contributed by atoms with E-state index in [0.29, 0.717) is 40.6 Å². The third-order valence-electron chi connectivity index (χ3n) is 2.74. The summed E-state index contributed by atoms with van der Waals surface area (Å²) < 4.78 is 10.8. The Kier molecular flexibility index (Phi) is 5.91. The minimum atomic E-state index is 0.301. The van der Waals surface area contributed by atoms with Gasteiger partial charge in [-0.3, -0.25) is 0 Å². The first-order valence-corrected chi connectivity index (χ1v) is 7.53. The first kappa shape index (κ1) is 16.1. The summed E-state index contributed by atoms with van der Waals surface area (Å²) in [5.74, 6) is 1.91. The average molecular weight is 329 g/mol. The van der Waals surface area contributed by atoms with Crippen molar-refractivity contribution in [2.75, 3.05) is 6.54 Å². The molecule has 0 bridgehead atoms. The molecule has 2 aromatic rings. The van der Waals surface area contributed by atoms with Gasteiger partial charge in [0.05, 0.1) is 15.7 Å². The number of nitrogens with zero attached hydrogens (tertiary/aromatic N) is 1. The SMILES string of the molecule is CC(C)CNCc1cc(COc2ccc(Cl)c(Cl)c2)on1. The molecule has 1 heterocycles. The number of benzene rings is 1. The summed E-state index contributed by atoms with van der Waals surface area (Å²) in [5.41, 5.74) is 0.864. The zero-order chi connectivity index (χ0) is 15.2. The van der Waals surface area contributed by atoms with Crippen LogP contribution in [-0.2, 0) is 13.2 Å². The van der Waals surface area contributed by atoms with Crippen molar-refractivity contribution in [3.63, 3.8) is 0 Å². The Labute approximate surface area is 134 Å². The molecule has 0 aliphatic rings. The number of hydrogen-bond acceptors (Lipinski definition) is 4. The number of aromatic nitrogens is 1. The largest absolute Gasteiger partial charge is 0.485 e. The minimum absolute atomic E-state index is 0.301. The van der Waals surface area contributed by atoms with Crippen LogP contribution in [0.15, 0.2) is 28.8 Å². The van der Waals surface area contributed by atoms with Crippen LogP contribution in [0.3, 0.4) is 0 Å². The monoisotopic (exact) mass is 328 g/mol. The molecule has 0 aliphatic carbocycles. The molecule has 0 radical (unpaired) electrons. The zero-order valence-corrected chi connectivity index (χ0v) is 13.5. The lowest BCUT2D eigenvalue weighted by molar-refractivity contribution is 0.248. The normalized spacial score (nSPS) is 11.1. The molecule has 114 valence electrons. The van der Waals surface area contributed by atoms with Crippen molar-refractivity contribution in [3.8, 4) is 5.75 Å².